The van der Waals surface area contributed by atoms with Crippen molar-refractivity contribution < 1.29 is 17.9 Å². The third-order valence-electron chi connectivity index (χ3n) is 6.70. The van der Waals surface area contributed by atoms with E-state index >= 15 is 0 Å². The molecule has 7 nitrogen and oxygen atoms in total. The molecule has 3 heterocycles. The molecule has 2 aromatic heterocycles. The number of nitrogens with one attached hydrogen (secondary N) is 1. The van der Waals surface area contributed by atoms with Crippen LogP contribution in [0, 0.1) is 5.92 Å². The lowest BCUT2D eigenvalue weighted by Gasteiger charge is -2.32. The number of para-hydroxylation sites is 1. The average Bonchev–Trinajstić information content (AvgIpc) is 3.45. The van der Waals surface area contributed by atoms with Crippen molar-refractivity contribution in [2.24, 2.45) is 5.92 Å². The Morgan fingerprint density at radius 3 is 2.53 bits per heavy atom. The van der Waals surface area contributed by atoms with Gasteiger partial charge in [-0.05, 0) is 61.3 Å². The number of imidazole rings is 1. The Morgan fingerprint density at radius 2 is 1.79 bits per heavy atom. The van der Waals surface area contributed by atoms with Crippen LogP contribution in [0.3, 0.4) is 0 Å². The second-order valence-electron chi connectivity index (χ2n) is 9.01. The first-order valence-electron chi connectivity index (χ1n) is 11.6. The molecule has 182 valence electrons. The number of hydrogen-bond acceptors (Lipinski definition) is 6. The summed E-state index contributed by atoms with van der Waals surface area (Å²) in [6.45, 7) is 1.44. The highest BCUT2D eigenvalue weighted by Gasteiger charge is 2.32. The highest BCUT2D eigenvalue weighted by atomic mass is 35.5. The molecule has 0 radical (unpaired) electrons. The van der Waals surface area contributed by atoms with Gasteiger partial charge in [-0.2, -0.15) is 9.97 Å². The van der Waals surface area contributed by atoms with Gasteiger partial charge >= 0.3 is 6.36 Å². The summed E-state index contributed by atoms with van der Waals surface area (Å²) < 4.78 is 44.5. The SMILES string of the molecule is FC(F)(F)Oc1ccccc1CC1CCN(Nc2nc(Cl)nc3c2ncn3C2CCCC2)CC1. The number of anilines is 1. The molecule has 11 heteroatoms. The van der Waals surface area contributed by atoms with Crippen LogP contribution in [-0.4, -0.2) is 44.0 Å². The summed E-state index contributed by atoms with van der Waals surface area (Å²) in [5.74, 6) is 0.715. The van der Waals surface area contributed by atoms with Gasteiger partial charge in [0, 0.05) is 19.1 Å². The smallest absolute Gasteiger partial charge is 0.406 e. The van der Waals surface area contributed by atoms with Crippen LogP contribution >= 0.6 is 11.6 Å². The minimum atomic E-state index is -4.70. The Hall–Kier alpha value is -2.59. The van der Waals surface area contributed by atoms with Crippen LogP contribution in [-0.2, 0) is 6.42 Å². The molecular weight excluding hydrogens is 469 g/mol. The van der Waals surface area contributed by atoms with Gasteiger partial charge in [-0.15, -0.1) is 13.2 Å². The van der Waals surface area contributed by atoms with Crippen molar-refractivity contribution in [2.45, 2.75) is 57.3 Å². The Balaban J connectivity index is 1.24. The lowest BCUT2D eigenvalue weighted by Crippen LogP contribution is -2.38. The van der Waals surface area contributed by atoms with Gasteiger partial charge in [0.1, 0.15) is 5.75 Å². The molecule has 2 fully saturated rings. The zero-order chi connectivity index (χ0) is 23.7. The van der Waals surface area contributed by atoms with E-state index in [0.717, 1.165) is 44.4 Å². The number of alkyl halides is 3. The van der Waals surface area contributed by atoms with Crippen LogP contribution in [0.1, 0.15) is 50.1 Å². The highest BCUT2D eigenvalue weighted by molar-refractivity contribution is 6.28. The van der Waals surface area contributed by atoms with Crippen molar-refractivity contribution in [3.05, 3.63) is 41.4 Å². The molecule has 1 aliphatic carbocycles. The van der Waals surface area contributed by atoms with Crippen molar-refractivity contribution >= 4 is 28.6 Å². The van der Waals surface area contributed by atoms with Gasteiger partial charge in [0.25, 0.3) is 0 Å². The standard InChI is InChI=1S/C23H26ClF3N6O/c24-22-29-20(19-21(30-22)33(14-28-19)17-6-2-3-7-17)31-32-11-9-15(10-12-32)13-16-5-1-4-8-18(16)34-23(25,26)27/h1,4-5,8,14-15,17H,2-3,6-7,9-13H2,(H,29,30,31). The van der Waals surface area contributed by atoms with Crippen LogP contribution in [0.4, 0.5) is 19.0 Å². The van der Waals surface area contributed by atoms with E-state index in [0.29, 0.717) is 29.4 Å². The number of piperidine rings is 1. The first kappa shape index (κ1) is 23.2. The fourth-order valence-corrected chi connectivity index (χ4v) is 5.19. The molecule has 1 saturated heterocycles. The van der Waals surface area contributed by atoms with Crippen LogP contribution < -0.4 is 10.2 Å². The molecule has 1 aromatic carbocycles. The Bertz CT molecular complexity index is 1140. The molecule has 0 unspecified atom stereocenters. The molecule has 1 saturated carbocycles. The summed E-state index contributed by atoms with van der Waals surface area (Å²) in [7, 11) is 0. The minimum Gasteiger partial charge on any atom is -0.406 e. The highest BCUT2D eigenvalue weighted by Crippen LogP contribution is 2.34. The summed E-state index contributed by atoms with van der Waals surface area (Å²) in [5.41, 5.74) is 5.35. The van der Waals surface area contributed by atoms with E-state index in [2.05, 4.69) is 34.7 Å². The lowest BCUT2D eigenvalue weighted by atomic mass is 9.90. The fraction of sp³-hybridized carbons (Fsp3) is 0.522. The maximum atomic E-state index is 12.7. The predicted octanol–water partition coefficient (Wildman–Crippen LogP) is 5.78. The second kappa shape index (κ2) is 9.58. The lowest BCUT2D eigenvalue weighted by molar-refractivity contribution is -0.274. The monoisotopic (exact) mass is 494 g/mol. The molecule has 2 aliphatic rings. The number of benzene rings is 1. The molecule has 0 spiro atoms. The van der Waals surface area contributed by atoms with Gasteiger partial charge in [-0.3, -0.25) is 0 Å². The summed E-state index contributed by atoms with van der Waals surface area (Å²) in [6, 6.07) is 6.76. The van der Waals surface area contributed by atoms with E-state index in [1.165, 1.54) is 18.9 Å². The van der Waals surface area contributed by atoms with Gasteiger partial charge in [0.15, 0.2) is 17.0 Å². The quantitative estimate of drug-likeness (QED) is 0.438. The summed E-state index contributed by atoms with van der Waals surface area (Å²) in [4.78, 5) is 13.4. The summed E-state index contributed by atoms with van der Waals surface area (Å²) in [5, 5.41) is 2.23. The molecular formula is C23H26ClF3N6O. The summed E-state index contributed by atoms with van der Waals surface area (Å²) in [6.07, 6.45) is 3.95. The zero-order valence-corrected chi connectivity index (χ0v) is 19.3. The van der Waals surface area contributed by atoms with E-state index in [9.17, 15) is 13.2 Å². The number of hydrogen-bond donors (Lipinski definition) is 1. The molecule has 5 rings (SSSR count). The fourth-order valence-electron chi connectivity index (χ4n) is 5.02. The maximum absolute atomic E-state index is 12.7. The maximum Gasteiger partial charge on any atom is 0.573 e. The number of aromatic nitrogens is 4. The van der Waals surface area contributed by atoms with Crippen molar-refractivity contribution in [3.8, 4) is 5.75 Å². The Morgan fingerprint density at radius 1 is 1.06 bits per heavy atom. The molecule has 0 amide bonds. The third kappa shape index (κ3) is 5.22. The Kier molecular flexibility index (Phi) is 6.52. The van der Waals surface area contributed by atoms with Gasteiger partial charge < -0.3 is 14.7 Å². The van der Waals surface area contributed by atoms with Crippen LogP contribution in [0.15, 0.2) is 30.6 Å². The predicted molar refractivity (Wildman–Crippen MR) is 123 cm³/mol. The van der Waals surface area contributed by atoms with Crippen LogP contribution in [0.2, 0.25) is 5.28 Å². The number of ether oxygens (including phenoxy) is 1. The van der Waals surface area contributed by atoms with Crippen molar-refractivity contribution in [1.82, 2.24) is 24.5 Å². The van der Waals surface area contributed by atoms with Gasteiger partial charge in [0.05, 0.1) is 6.33 Å². The average molecular weight is 495 g/mol. The minimum absolute atomic E-state index is 0.119. The summed E-state index contributed by atoms with van der Waals surface area (Å²) >= 11 is 6.24. The normalized spacial score (nSPS) is 18.6. The first-order chi connectivity index (χ1) is 16.4. The van der Waals surface area contributed by atoms with Crippen molar-refractivity contribution in [2.75, 3.05) is 18.5 Å². The van der Waals surface area contributed by atoms with E-state index in [4.69, 9.17) is 11.6 Å². The van der Waals surface area contributed by atoms with Crippen LogP contribution in [0.25, 0.3) is 11.2 Å². The molecule has 0 bridgehead atoms. The third-order valence-corrected chi connectivity index (χ3v) is 6.87. The van der Waals surface area contributed by atoms with E-state index in [-0.39, 0.29) is 17.0 Å². The van der Waals surface area contributed by atoms with E-state index < -0.39 is 6.36 Å². The number of halogens is 4. The number of rotatable bonds is 6. The number of nitrogens with zero attached hydrogens (tertiary/aromatic N) is 5. The molecule has 0 atom stereocenters. The van der Waals surface area contributed by atoms with Crippen molar-refractivity contribution in [3.63, 3.8) is 0 Å². The second-order valence-corrected chi connectivity index (χ2v) is 9.34. The van der Waals surface area contributed by atoms with Crippen LogP contribution in [0.5, 0.6) is 5.75 Å². The van der Waals surface area contributed by atoms with E-state index in [1.54, 1.807) is 18.2 Å². The van der Waals surface area contributed by atoms with Gasteiger partial charge in [0.2, 0.25) is 5.28 Å². The van der Waals surface area contributed by atoms with Crippen molar-refractivity contribution in [1.29, 1.82) is 0 Å². The molecule has 1 aliphatic heterocycles. The zero-order valence-electron chi connectivity index (χ0n) is 18.6. The number of hydrazine groups is 1. The number of fused-ring (bicyclic) bond motifs is 1. The molecule has 34 heavy (non-hydrogen) atoms. The largest absolute Gasteiger partial charge is 0.573 e. The Labute approximate surface area is 200 Å². The first-order valence-corrected chi connectivity index (χ1v) is 12.0. The van der Waals surface area contributed by atoms with Gasteiger partial charge in [-0.1, -0.05) is 31.0 Å². The van der Waals surface area contributed by atoms with E-state index in [1.807, 2.05) is 6.33 Å². The molecule has 1 N–H and O–H groups in total. The topological polar surface area (TPSA) is 68.1 Å². The molecule has 3 aromatic rings. The van der Waals surface area contributed by atoms with Gasteiger partial charge in [-0.25, -0.2) is 9.99 Å².